The third kappa shape index (κ3) is 7.61. The number of β-amino-alcohol motifs (C(OH)–C–C–N with tert-alkyl or cyclic N) is 1. The fourth-order valence-electron chi connectivity index (χ4n) is 10.5. The maximum absolute atomic E-state index is 16.4. The van der Waals surface area contributed by atoms with Gasteiger partial charge in [0.1, 0.15) is 40.1 Å². The van der Waals surface area contributed by atoms with Crippen LogP contribution in [0.25, 0.3) is 5.00 Å². The molecule has 326 valence electrons. The van der Waals surface area contributed by atoms with Gasteiger partial charge >= 0.3 is 0 Å². The van der Waals surface area contributed by atoms with Crippen LogP contribution < -0.4 is 9.80 Å². The molecule has 13 heteroatoms. The van der Waals surface area contributed by atoms with Crippen LogP contribution in [0.2, 0.25) is 0 Å². The summed E-state index contributed by atoms with van der Waals surface area (Å²) in [6.45, 7) is 12.9. The van der Waals surface area contributed by atoms with E-state index in [4.69, 9.17) is 4.99 Å². The van der Waals surface area contributed by atoms with Gasteiger partial charge in [-0.1, -0.05) is 30.3 Å². The number of phenolic OH excluding ortho intramolecular Hbond substituents is 1. The molecule has 4 aromatic carbocycles. The summed E-state index contributed by atoms with van der Waals surface area (Å²) in [7, 11) is 0. The van der Waals surface area contributed by atoms with Crippen molar-refractivity contribution in [3.63, 3.8) is 0 Å². The van der Waals surface area contributed by atoms with Crippen LogP contribution in [0.1, 0.15) is 99.5 Å². The fraction of sp³-hybridized carbons (Fsp3) is 0.380. The number of hydrogen-bond donors (Lipinski definition) is 2. The Morgan fingerprint density at radius 3 is 2.17 bits per heavy atom. The van der Waals surface area contributed by atoms with Gasteiger partial charge in [0.15, 0.2) is 5.82 Å². The van der Waals surface area contributed by atoms with E-state index in [0.29, 0.717) is 64.1 Å². The number of anilines is 2. The van der Waals surface area contributed by atoms with Gasteiger partial charge < -0.3 is 20.0 Å². The quantitative estimate of drug-likeness (QED) is 0.165. The fourth-order valence-corrected chi connectivity index (χ4v) is 11.7. The largest absolute Gasteiger partial charge is 0.508 e. The summed E-state index contributed by atoms with van der Waals surface area (Å²) in [5, 5.41) is 32.0. The molecule has 4 aliphatic rings. The SMILES string of the molecule is Cc1sc2c(c1C)C(c1ccc(N3CCC(O)(CN4CCN(c5cc(F)c([C@@H]6c7ccc(O)cc7CC[C@@H]6c6ccc(F)cc6)c(F)c5)CC4)CC3)cc1)=N[C@@H](C)c1nnc(C)n1-2. The summed E-state index contributed by atoms with van der Waals surface area (Å²) in [6, 6.07) is 22.6. The van der Waals surface area contributed by atoms with E-state index in [9.17, 15) is 14.6 Å². The van der Waals surface area contributed by atoms with Gasteiger partial charge in [-0.2, -0.15) is 0 Å². The van der Waals surface area contributed by atoms with Gasteiger partial charge in [-0.3, -0.25) is 14.5 Å². The average Bonchev–Trinajstić information content (AvgIpc) is 3.76. The number of fused-ring (bicyclic) bond motifs is 4. The van der Waals surface area contributed by atoms with Crippen LogP contribution >= 0.6 is 11.3 Å². The van der Waals surface area contributed by atoms with Crippen molar-refractivity contribution in [3.05, 3.63) is 152 Å². The molecule has 10 rings (SSSR count). The topological polar surface area (TPSA) is 93.2 Å². The molecule has 2 N–H and O–H groups in total. The van der Waals surface area contributed by atoms with Gasteiger partial charge in [-0.25, -0.2) is 13.2 Å². The van der Waals surface area contributed by atoms with E-state index in [2.05, 4.69) is 69.6 Å². The molecule has 2 saturated heterocycles. The first-order valence-electron chi connectivity index (χ1n) is 22.1. The zero-order chi connectivity index (χ0) is 43.7. The molecule has 0 unspecified atom stereocenters. The zero-order valence-electron chi connectivity index (χ0n) is 36.1. The number of thiophene rings is 1. The number of piperazine rings is 1. The van der Waals surface area contributed by atoms with Crippen molar-refractivity contribution in [3.8, 4) is 10.8 Å². The number of aryl methyl sites for hydroxylation is 3. The smallest absolute Gasteiger partial charge is 0.162 e. The third-order valence-electron chi connectivity index (χ3n) is 14.1. The number of phenols is 1. The van der Waals surface area contributed by atoms with Crippen LogP contribution in [-0.2, 0) is 6.42 Å². The van der Waals surface area contributed by atoms with Gasteiger partial charge in [0.25, 0.3) is 0 Å². The van der Waals surface area contributed by atoms with E-state index in [1.54, 1.807) is 41.7 Å². The van der Waals surface area contributed by atoms with Crippen molar-refractivity contribution in [2.75, 3.05) is 55.6 Å². The highest BCUT2D eigenvalue weighted by Gasteiger charge is 2.38. The van der Waals surface area contributed by atoms with E-state index in [1.807, 2.05) is 11.8 Å². The van der Waals surface area contributed by atoms with Gasteiger partial charge in [0.2, 0.25) is 0 Å². The molecular formula is C50H52F3N7O2S. The van der Waals surface area contributed by atoms with Gasteiger partial charge in [-0.05, 0) is 130 Å². The van der Waals surface area contributed by atoms with Crippen LogP contribution in [0.4, 0.5) is 24.5 Å². The second kappa shape index (κ2) is 16.2. The molecule has 0 amide bonds. The normalized spacial score (nSPS) is 21.1. The van der Waals surface area contributed by atoms with Crippen LogP contribution in [0.5, 0.6) is 5.75 Å². The predicted molar refractivity (Wildman–Crippen MR) is 243 cm³/mol. The minimum Gasteiger partial charge on any atom is -0.508 e. The molecule has 0 spiro atoms. The maximum atomic E-state index is 16.4. The molecule has 0 bridgehead atoms. The lowest BCUT2D eigenvalue weighted by molar-refractivity contribution is -0.0173. The number of aromatic hydroxyl groups is 1. The van der Waals surface area contributed by atoms with E-state index in [1.165, 1.54) is 34.7 Å². The van der Waals surface area contributed by atoms with E-state index in [0.717, 1.165) is 69.0 Å². The van der Waals surface area contributed by atoms with Crippen molar-refractivity contribution >= 4 is 28.4 Å². The van der Waals surface area contributed by atoms with Crippen molar-refractivity contribution in [2.45, 2.75) is 76.9 Å². The van der Waals surface area contributed by atoms with Crippen LogP contribution in [0.3, 0.4) is 0 Å². The standard InChI is InChI=1S/C50H52F3N7O2S/c1-29-31(3)63-49-44(29)47(54-30(2)48-56-55-32(4)60(48)49)34-7-12-37(13-8-34)58-19-17-50(62,18-20-58)28-57-21-23-59(24-22-57)38-26-42(52)46(43(53)27-38)45-40(33-5-10-36(51)11-6-33)15-9-35-25-39(61)14-16-41(35)45/h5-8,10-14,16,25-27,30,40,45,61-62H,9,15,17-24,28H2,1-4H3/t30-,40+,45-/m0/s1. The summed E-state index contributed by atoms with van der Waals surface area (Å²) in [6.07, 6.45) is 2.51. The van der Waals surface area contributed by atoms with Crippen LogP contribution in [0.15, 0.2) is 83.9 Å². The summed E-state index contributed by atoms with van der Waals surface area (Å²) in [5.41, 5.74) is 7.63. The Kier molecular flexibility index (Phi) is 10.7. The maximum Gasteiger partial charge on any atom is 0.162 e. The first-order chi connectivity index (χ1) is 30.3. The molecular weight excluding hydrogens is 820 g/mol. The zero-order valence-corrected chi connectivity index (χ0v) is 36.9. The van der Waals surface area contributed by atoms with Crippen molar-refractivity contribution < 1.29 is 23.4 Å². The van der Waals surface area contributed by atoms with Gasteiger partial charge in [-0.15, -0.1) is 21.5 Å². The molecule has 0 radical (unpaired) electrons. The molecule has 0 saturated carbocycles. The Bertz CT molecular complexity index is 2690. The average molecular weight is 872 g/mol. The first-order valence-corrected chi connectivity index (χ1v) is 22.9. The Hall–Kier alpha value is -5.50. The van der Waals surface area contributed by atoms with Crippen molar-refractivity contribution in [1.29, 1.82) is 0 Å². The van der Waals surface area contributed by atoms with Gasteiger partial charge in [0.05, 0.1) is 11.3 Å². The molecule has 2 aromatic heterocycles. The summed E-state index contributed by atoms with van der Waals surface area (Å²) in [4.78, 5) is 13.1. The van der Waals surface area contributed by atoms with E-state index < -0.39 is 23.2 Å². The number of aliphatic hydroxyl groups is 1. The minimum absolute atomic E-state index is 0.00408. The lowest BCUT2D eigenvalue weighted by Gasteiger charge is -2.44. The monoisotopic (exact) mass is 871 g/mol. The number of hydrogen-bond acceptors (Lipinski definition) is 9. The molecule has 63 heavy (non-hydrogen) atoms. The lowest BCUT2D eigenvalue weighted by Crippen LogP contribution is -2.55. The molecule has 5 heterocycles. The molecule has 3 atom stereocenters. The van der Waals surface area contributed by atoms with Crippen LogP contribution in [-0.4, -0.2) is 87.0 Å². The molecule has 3 aliphatic heterocycles. The Balaban J connectivity index is 0.783. The first kappa shape index (κ1) is 41.5. The number of piperidine rings is 1. The third-order valence-corrected chi connectivity index (χ3v) is 15.3. The number of halogens is 3. The summed E-state index contributed by atoms with van der Waals surface area (Å²) < 4.78 is 48.8. The number of aromatic nitrogens is 3. The second-order valence-corrected chi connectivity index (χ2v) is 19.2. The predicted octanol–water partition coefficient (Wildman–Crippen LogP) is 9.30. The molecule has 9 nitrogen and oxygen atoms in total. The van der Waals surface area contributed by atoms with E-state index >= 15 is 8.78 Å². The second-order valence-electron chi connectivity index (χ2n) is 18.0. The lowest BCUT2D eigenvalue weighted by atomic mass is 9.69. The number of nitrogens with zero attached hydrogens (tertiary/aromatic N) is 7. The minimum atomic E-state index is -0.833. The highest BCUT2D eigenvalue weighted by atomic mass is 32.1. The Morgan fingerprint density at radius 1 is 0.794 bits per heavy atom. The Labute approximate surface area is 370 Å². The number of rotatable bonds is 7. The molecule has 2 fully saturated rings. The Morgan fingerprint density at radius 2 is 1.48 bits per heavy atom. The highest BCUT2D eigenvalue weighted by Crippen LogP contribution is 2.49. The highest BCUT2D eigenvalue weighted by molar-refractivity contribution is 7.15. The summed E-state index contributed by atoms with van der Waals surface area (Å²) >= 11 is 1.76. The molecule has 6 aromatic rings. The number of benzene rings is 4. The number of aliphatic imine (C=N–C) groups is 1. The molecule has 1 aliphatic carbocycles. The van der Waals surface area contributed by atoms with Crippen LogP contribution in [0, 0.1) is 38.2 Å². The van der Waals surface area contributed by atoms with Gasteiger partial charge in [0, 0.05) is 84.7 Å². The van der Waals surface area contributed by atoms with Crippen molar-refractivity contribution in [2.24, 2.45) is 4.99 Å². The summed E-state index contributed by atoms with van der Waals surface area (Å²) in [5.74, 6) is -0.669. The van der Waals surface area contributed by atoms with Crippen molar-refractivity contribution in [1.82, 2.24) is 19.7 Å². The van der Waals surface area contributed by atoms with E-state index in [-0.39, 0.29) is 29.1 Å².